The summed E-state index contributed by atoms with van der Waals surface area (Å²) >= 11 is 0. The lowest BCUT2D eigenvalue weighted by Gasteiger charge is -2.17. The summed E-state index contributed by atoms with van der Waals surface area (Å²) < 4.78 is 5.21. The minimum Gasteiger partial charge on any atom is -0.368 e. The van der Waals surface area contributed by atoms with E-state index in [2.05, 4.69) is 11.9 Å². The monoisotopic (exact) mass is 226 g/mol. The van der Waals surface area contributed by atoms with Gasteiger partial charge >= 0.3 is 0 Å². The second-order valence-corrected chi connectivity index (χ2v) is 4.13. The fraction of sp³-hybridized carbons (Fsp3) is 0.636. The Balaban J connectivity index is 2.50. The molecule has 0 aromatic rings. The normalized spacial score (nSPS) is 21.4. The maximum Gasteiger partial charge on any atom is 0.249 e. The van der Waals surface area contributed by atoms with Crippen LogP contribution in [-0.2, 0) is 14.3 Å². The molecule has 1 aliphatic heterocycles. The predicted octanol–water partition coefficient (Wildman–Crippen LogP) is 0.102. The Kier molecular flexibility index (Phi) is 4.49. The molecule has 0 radical (unpaired) electrons. The van der Waals surface area contributed by atoms with Gasteiger partial charge in [0.2, 0.25) is 11.8 Å². The number of nitrogens with two attached hydrogens (primary N) is 1. The Morgan fingerprint density at radius 2 is 2.31 bits per heavy atom. The van der Waals surface area contributed by atoms with Crippen LogP contribution in [0.3, 0.4) is 0 Å². The zero-order valence-corrected chi connectivity index (χ0v) is 9.49. The van der Waals surface area contributed by atoms with E-state index in [0.717, 1.165) is 12.0 Å². The molecular weight excluding hydrogens is 208 g/mol. The van der Waals surface area contributed by atoms with Gasteiger partial charge in [-0.25, -0.2) is 0 Å². The molecule has 0 unspecified atom stereocenters. The van der Waals surface area contributed by atoms with E-state index in [1.807, 2.05) is 0 Å². The molecule has 1 saturated heterocycles. The van der Waals surface area contributed by atoms with Crippen LogP contribution in [0.4, 0.5) is 0 Å². The van der Waals surface area contributed by atoms with Crippen molar-refractivity contribution in [2.24, 2.45) is 5.73 Å². The van der Waals surface area contributed by atoms with Crippen LogP contribution in [-0.4, -0.2) is 30.6 Å². The van der Waals surface area contributed by atoms with Gasteiger partial charge in [0.1, 0.15) is 12.1 Å². The summed E-state index contributed by atoms with van der Waals surface area (Å²) in [6.45, 7) is 6.07. The van der Waals surface area contributed by atoms with Gasteiger partial charge in [-0.2, -0.15) is 0 Å². The molecular formula is C11H18N2O3. The van der Waals surface area contributed by atoms with Crippen LogP contribution in [0.1, 0.15) is 26.2 Å². The Morgan fingerprint density at radius 1 is 1.62 bits per heavy atom. The lowest BCUT2D eigenvalue weighted by atomic mass is 10.1. The standard InChI is InChI=1S/C11H18N2O3/c1-7(2)6-8(10(12)14)13-11(15)9-4-3-5-16-9/h8-9H,1,3-6H2,2H3,(H2,12,14)(H,13,15)/t8-,9-/m0/s1. The number of rotatable bonds is 5. The van der Waals surface area contributed by atoms with Crippen molar-refractivity contribution in [1.82, 2.24) is 5.32 Å². The Morgan fingerprint density at radius 3 is 2.75 bits per heavy atom. The lowest BCUT2D eigenvalue weighted by molar-refractivity contribution is -0.133. The van der Waals surface area contributed by atoms with Crippen molar-refractivity contribution >= 4 is 11.8 Å². The van der Waals surface area contributed by atoms with E-state index in [4.69, 9.17) is 10.5 Å². The first-order valence-corrected chi connectivity index (χ1v) is 5.36. The van der Waals surface area contributed by atoms with Gasteiger partial charge in [0.05, 0.1) is 0 Å². The minimum atomic E-state index is -0.686. The number of nitrogens with one attached hydrogen (secondary N) is 1. The summed E-state index contributed by atoms with van der Waals surface area (Å²) in [6.07, 6.45) is 1.50. The lowest BCUT2D eigenvalue weighted by Crippen LogP contribution is -2.48. The van der Waals surface area contributed by atoms with Gasteiger partial charge in [-0.1, -0.05) is 5.57 Å². The molecule has 0 saturated carbocycles. The van der Waals surface area contributed by atoms with E-state index >= 15 is 0 Å². The first kappa shape index (κ1) is 12.7. The highest BCUT2D eigenvalue weighted by molar-refractivity contribution is 5.88. The first-order valence-electron chi connectivity index (χ1n) is 5.36. The zero-order valence-electron chi connectivity index (χ0n) is 9.49. The van der Waals surface area contributed by atoms with Crippen LogP contribution in [0, 0.1) is 0 Å². The van der Waals surface area contributed by atoms with Crippen molar-refractivity contribution < 1.29 is 14.3 Å². The number of hydrogen-bond donors (Lipinski definition) is 2. The molecule has 1 fully saturated rings. The predicted molar refractivity (Wildman–Crippen MR) is 59.5 cm³/mol. The third-order valence-corrected chi connectivity index (χ3v) is 2.43. The van der Waals surface area contributed by atoms with Gasteiger partial charge in [-0.05, 0) is 26.2 Å². The van der Waals surface area contributed by atoms with Gasteiger partial charge in [-0.3, -0.25) is 9.59 Å². The van der Waals surface area contributed by atoms with E-state index in [-0.39, 0.29) is 5.91 Å². The molecule has 2 atom stereocenters. The molecule has 1 aliphatic rings. The van der Waals surface area contributed by atoms with E-state index in [1.165, 1.54) is 0 Å². The highest BCUT2D eigenvalue weighted by atomic mass is 16.5. The van der Waals surface area contributed by atoms with Crippen molar-refractivity contribution in [3.05, 3.63) is 12.2 Å². The Labute approximate surface area is 95.0 Å². The topological polar surface area (TPSA) is 81.4 Å². The summed E-state index contributed by atoms with van der Waals surface area (Å²) in [7, 11) is 0. The molecule has 90 valence electrons. The highest BCUT2D eigenvalue weighted by Crippen LogP contribution is 2.12. The smallest absolute Gasteiger partial charge is 0.249 e. The highest BCUT2D eigenvalue weighted by Gasteiger charge is 2.27. The van der Waals surface area contributed by atoms with Crippen molar-refractivity contribution in [2.75, 3.05) is 6.61 Å². The Hall–Kier alpha value is -1.36. The van der Waals surface area contributed by atoms with E-state index < -0.39 is 18.1 Å². The second-order valence-electron chi connectivity index (χ2n) is 4.13. The van der Waals surface area contributed by atoms with E-state index in [0.29, 0.717) is 19.4 Å². The molecule has 0 bridgehead atoms. The van der Waals surface area contributed by atoms with Gasteiger partial charge in [-0.15, -0.1) is 6.58 Å². The molecule has 0 aromatic carbocycles. The number of primary amides is 1. The quantitative estimate of drug-likeness (QED) is 0.652. The van der Waals surface area contributed by atoms with Crippen LogP contribution in [0.25, 0.3) is 0 Å². The largest absolute Gasteiger partial charge is 0.368 e. The van der Waals surface area contributed by atoms with Crippen LogP contribution in [0.2, 0.25) is 0 Å². The van der Waals surface area contributed by atoms with Crippen molar-refractivity contribution in [3.8, 4) is 0 Å². The molecule has 0 aliphatic carbocycles. The first-order chi connectivity index (χ1) is 7.50. The molecule has 0 aromatic heterocycles. The van der Waals surface area contributed by atoms with E-state index in [9.17, 15) is 9.59 Å². The van der Waals surface area contributed by atoms with Gasteiger partial charge in [0.15, 0.2) is 0 Å². The van der Waals surface area contributed by atoms with Crippen LogP contribution in [0.15, 0.2) is 12.2 Å². The number of carbonyl (C=O) groups excluding carboxylic acids is 2. The zero-order chi connectivity index (χ0) is 12.1. The van der Waals surface area contributed by atoms with Crippen molar-refractivity contribution in [2.45, 2.75) is 38.3 Å². The molecule has 1 rings (SSSR count). The molecule has 5 nitrogen and oxygen atoms in total. The van der Waals surface area contributed by atoms with Crippen LogP contribution in [0.5, 0.6) is 0 Å². The summed E-state index contributed by atoms with van der Waals surface area (Å²) in [5, 5.41) is 2.59. The third kappa shape index (κ3) is 3.66. The molecule has 3 N–H and O–H groups in total. The van der Waals surface area contributed by atoms with Crippen molar-refractivity contribution in [3.63, 3.8) is 0 Å². The molecule has 1 heterocycles. The fourth-order valence-electron chi connectivity index (χ4n) is 1.62. The molecule has 2 amide bonds. The molecule has 16 heavy (non-hydrogen) atoms. The third-order valence-electron chi connectivity index (χ3n) is 2.43. The maximum atomic E-state index is 11.7. The summed E-state index contributed by atoms with van der Waals surface area (Å²) in [4.78, 5) is 22.8. The number of carbonyl (C=O) groups is 2. The van der Waals surface area contributed by atoms with Crippen LogP contribution >= 0.6 is 0 Å². The van der Waals surface area contributed by atoms with Crippen molar-refractivity contribution in [1.29, 1.82) is 0 Å². The van der Waals surface area contributed by atoms with E-state index in [1.54, 1.807) is 6.92 Å². The molecule has 5 heteroatoms. The second kappa shape index (κ2) is 5.65. The summed E-state index contributed by atoms with van der Waals surface area (Å²) in [5.41, 5.74) is 6.00. The van der Waals surface area contributed by atoms with Gasteiger partial charge in [0, 0.05) is 6.61 Å². The van der Waals surface area contributed by atoms with Crippen LogP contribution < -0.4 is 11.1 Å². The molecule has 0 spiro atoms. The average Bonchev–Trinajstić information content (AvgIpc) is 2.68. The summed E-state index contributed by atoms with van der Waals surface area (Å²) in [6, 6.07) is -0.686. The number of hydrogen-bond acceptors (Lipinski definition) is 3. The fourth-order valence-corrected chi connectivity index (χ4v) is 1.62. The minimum absolute atomic E-state index is 0.262. The number of amides is 2. The van der Waals surface area contributed by atoms with Gasteiger partial charge in [0.25, 0.3) is 0 Å². The maximum absolute atomic E-state index is 11.7. The average molecular weight is 226 g/mol. The van der Waals surface area contributed by atoms with Gasteiger partial charge < -0.3 is 15.8 Å². The SMILES string of the molecule is C=C(C)C[C@H](NC(=O)[C@@H]1CCCO1)C(N)=O. The summed E-state index contributed by atoms with van der Waals surface area (Å²) in [5.74, 6) is -0.808. The number of ether oxygens (including phenoxy) is 1. The Bertz CT molecular complexity index is 296.